The van der Waals surface area contributed by atoms with Crippen molar-refractivity contribution in [3.63, 3.8) is 0 Å². The van der Waals surface area contributed by atoms with Crippen molar-refractivity contribution in [2.75, 3.05) is 31.1 Å². The molecule has 2 aromatic heterocycles. The lowest BCUT2D eigenvalue weighted by molar-refractivity contribution is -0.193. The van der Waals surface area contributed by atoms with E-state index in [-0.39, 0.29) is 47.6 Å². The molecule has 4 heterocycles. The standard InChI is InChI=1S/C28H38N20O2.2C2HF3O2/c1-3-5-7-15-17(49)37-21(33)47(15)27-43-23(41-25(45-27)39-19(29)30)35-13-9-11-14(12-10-13)36-24-42-26(40-20(31)32)46-28(44-24)48-16(8-6-4-2)18(50)38-22(48)34;2*3-2(4,5)1(6)7/h9-12,15-16H,3-8H2,1-2H3,(H2,33,37,49)(H2,34,38,50)(H5,29,30,35,39,41,43,45)(H5,31,32,36,40,42,44,46);2*(H,6,7). The minimum Gasteiger partial charge on any atom is -0.475 e. The Morgan fingerprint density at radius 1 is 0.641 bits per heavy atom. The Labute approximate surface area is 356 Å². The van der Waals surface area contributed by atoms with Crippen LogP contribution in [0, 0.1) is 10.8 Å². The van der Waals surface area contributed by atoms with Crippen LogP contribution >= 0.6 is 0 Å². The number of benzene rings is 1. The third kappa shape index (κ3) is 14.5. The van der Waals surface area contributed by atoms with Crippen molar-refractivity contribution in [3.05, 3.63) is 24.3 Å². The SMILES string of the molecule is CCCCC1C(=O)N=C(N)N1c1nc(NC(=N)N)nc(Nc2ccc(Nc3nc(NC(=N)N)nc(N4C(N)=NC(=O)C4CCCC)n3)cc2)n1.O=C(O)C(F)(F)F.O=C(O)C(F)(F)F. The summed E-state index contributed by atoms with van der Waals surface area (Å²) in [5.41, 5.74) is 24.4. The number of rotatable bonds is 14. The first kappa shape index (κ1) is 50.1. The minimum absolute atomic E-state index is 0.0423. The molecule has 2 aliphatic rings. The zero-order valence-corrected chi connectivity index (χ0v) is 33.3. The fraction of sp³-hybridized carbons (Fsp3) is 0.375. The highest BCUT2D eigenvalue weighted by Crippen LogP contribution is 2.27. The first-order valence-electron chi connectivity index (χ1n) is 18.2. The largest absolute Gasteiger partial charge is 0.490 e. The summed E-state index contributed by atoms with van der Waals surface area (Å²) in [4.78, 5) is 79.8. The number of alkyl halides is 6. The van der Waals surface area contributed by atoms with E-state index in [1.54, 1.807) is 24.3 Å². The van der Waals surface area contributed by atoms with E-state index < -0.39 is 60.1 Å². The van der Waals surface area contributed by atoms with Gasteiger partial charge in [0.05, 0.1) is 0 Å². The van der Waals surface area contributed by atoms with Gasteiger partial charge < -0.3 is 43.8 Å². The summed E-state index contributed by atoms with van der Waals surface area (Å²) >= 11 is 0. The summed E-state index contributed by atoms with van der Waals surface area (Å²) < 4.78 is 63.5. The second kappa shape index (κ2) is 21.5. The molecule has 26 nitrogen and oxygen atoms in total. The number of carboxylic acids is 2. The van der Waals surface area contributed by atoms with Crippen molar-refractivity contribution < 1.29 is 55.7 Å². The van der Waals surface area contributed by atoms with Crippen molar-refractivity contribution in [3.8, 4) is 0 Å². The van der Waals surface area contributed by atoms with Crippen LogP contribution in [-0.4, -0.2) is 112 Å². The van der Waals surface area contributed by atoms with E-state index in [0.29, 0.717) is 24.2 Å². The van der Waals surface area contributed by atoms with Gasteiger partial charge in [0.1, 0.15) is 12.1 Å². The number of nitrogens with zero attached hydrogens (tertiary/aromatic N) is 10. The number of unbranched alkanes of at least 4 members (excludes halogenated alkanes) is 2. The molecule has 346 valence electrons. The van der Waals surface area contributed by atoms with Crippen LogP contribution in [0.25, 0.3) is 0 Å². The average molecular weight is 915 g/mol. The molecule has 0 saturated heterocycles. The highest BCUT2D eigenvalue weighted by Gasteiger charge is 2.40. The summed E-state index contributed by atoms with van der Waals surface area (Å²) in [7, 11) is 0. The number of carboxylic acid groups (broad SMARTS) is 2. The van der Waals surface area contributed by atoms with Crippen molar-refractivity contribution in [2.24, 2.45) is 32.9 Å². The normalized spacial score (nSPS) is 15.8. The van der Waals surface area contributed by atoms with Crippen LogP contribution in [0.15, 0.2) is 34.3 Å². The summed E-state index contributed by atoms with van der Waals surface area (Å²) in [6.45, 7) is 4.01. The second-order valence-electron chi connectivity index (χ2n) is 12.7. The second-order valence-corrected chi connectivity index (χ2v) is 12.7. The maximum Gasteiger partial charge on any atom is 0.490 e. The van der Waals surface area contributed by atoms with E-state index >= 15 is 0 Å². The monoisotopic (exact) mass is 914 g/mol. The van der Waals surface area contributed by atoms with Crippen LogP contribution in [0.3, 0.4) is 0 Å². The van der Waals surface area contributed by atoms with Crippen molar-refractivity contribution in [1.82, 2.24) is 29.9 Å². The Morgan fingerprint density at radius 3 is 1.20 bits per heavy atom. The molecule has 32 heteroatoms. The van der Waals surface area contributed by atoms with Crippen LogP contribution in [0.4, 0.5) is 73.4 Å². The number of carbonyl (C=O) groups is 4. The highest BCUT2D eigenvalue weighted by atomic mass is 19.4. The number of aliphatic carboxylic acids is 2. The molecule has 1 aromatic carbocycles. The Morgan fingerprint density at radius 2 is 0.938 bits per heavy atom. The molecule has 0 aliphatic carbocycles. The number of guanidine groups is 4. The van der Waals surface area contributed by atoms with Gasteiger partial charge in [0.15, 0.2) is 11.9 Å². The zero-order valence-electron chi connectivity index (χ0n) is 33.3. The number of aliphatic imine (C=N–C) groups is 2. The van der Waals surface area contributed by atoms with Gasteiger partial charge in [-0.2, -0.15) is 66.2 Å². The Hall–Kier alpha value is -8.22. The lowest BCUT2D eigenvalue weighted by Gasteiger charge is -2.23. The number of aromatic nitrogens is 6. The van der Waals surface area contributed by atoms with Gasteiger partial charge in [-0.15, -0.1) is 0 Å². The molecular weight excluding hydrogens is 874 g/mol. The summed E-state index contributed by atoms with van der Waals surface area (Å²) in [5.74, 6) is -7.10. The summed E-state index contributed by atoms with van der Waals surface area (Å²) in [5, 5.41) is 40.8. The number of carbonyl (C=O) groups excluding carboxylic acids is 2. The number of anilines is 8. The number of amides is 2. The molecule has 0 bridgehead atoms. The van der Waals surface area contributed by atoms with E-state index in [0.717, 1.165) is 25.7 Å². The molecule has 64 heavy (non-hydrogen) atoms. The average Bonchev–Trinajstić information content (AvgIpc) is 3.63. The van der Waals surface area contributed by atoms with E-state index in [2.05, 4.69) is 61.2 Å². The molecule has 0 fully saturated rings. The first-order valence-corrected chi connectivity index (χ1v) is 18.2. The summed E-state index contributed by atoms with van der Waals surface area (Å²) in [6, 6.07) is 5.49. The number of nitrogens with one attached hydrogen (secondary N) is 6. The van der Waals surface area contributed by atoms with Crippen LogP contribution in [0.5, 0.6) is 0 Å². The molecule has 0 spiro atoms. The van der Waals surface area contributed by atoms with Crippen molar-refractivity contribution in [2.45, 2.75) is 76.8 Å². The van der Waals surface area contributed by atoms with E-state index in [9.17, 15) is 35.9 Å². The number of hydrogen-bond acceptors (Lipinski definition) is 18. The van der Waals surface area contributed by atoms with Gasteiger partial charge in [-0.3, -0.25) is 40.8 Å². The Bertz CT molecular complexity index is 2120. The first-order chi connectivity index (χ1) is 29.8. The minimum atomic E-state index is -5.08. The Kier molecular flexibility index (Phi) is 16.9. The van der Waals surface area contributed by atoms with Crippen molar-refractivity contribution >= 4 is 94.7 Å². The van der Waals surface area contributed by atoms with Gasteiger partial charge in [0, 0.05) is 11.4 Å². The van der Waals surface area contributed by atoms with Crippen LogP contribution < -0.4 is 54.0 Å². The maximum absolute atomic E-state index is 12.6. The van der Waals surface area contributed by atoms with Crippen LogP contribution in [-0.2, 0) is 19.2 Å². The topological polar surface area (TPSA) is 417 Å². The molecule has 16 N–H and O–H groups in total. The highest BCUT2D eigenvalue weighted by molar-refractivity contribution is 6.13. The van der Waals surface area contributed by atoms with Gasteiger partial charge in [0.2, 0.25) is 47.6 Å². The molecule has 3 aromatic rings. The molecule has 2 aliphatic heterocycles. The van der Waals surface area contributed by atoms with Gasteiger partial charge in [0.25, 0.3) is 11.8 Å². The molecule has 5 rings (SSSR count). The Balaban J connectivity index is 0.000000671. The van der Waals surface area contributed by atoms with Gasteiger partial charge in [-0.25, -0.2) is 9.59 Å². The third-order valence-corrected chi connectivity index (χ3v) is 7.85. The predicted molar refractivity (Wildman–Crippen MR) is 216 cm³/mol. The number of hydrogen-bond donors (Lipinski definition) is 12. The van der Waals surface area contributed by atoms with Crippen LogP contribution in [0.2, 0.25) is 0 Å². The lowest BCUT2D eigenvalue weighted by atomic mass is 10.1. The number of nitrogens with two attached hydrogens (primary N) is 4. The molecule has 2 unspecified atom stereocenters. The third-order valence-electron chi connectivity index (χ3n) is 7.85. The molecule has 2 atom stereocenters. The smallest absolute Gasteiger partial charge is 0.475 e. The molecular formula is C32H40F6N20O6. The maximum atomic E-state index is 12.6. The zero-order chi connectivity index (χ0) is 48.1. The van der Waals surface area contributed by atoms with Crippen molar-refractivity contribution in [1.29, 1.82) is 10.8 Å². The van der Waals surface area contributed by atoms with Gasteiger partial charge >= 0.3 is 24.3 Å². The van der Waals surface area contributed by atoms with Gasteiger partial charge in [-0.1, -0.05) is 39.5 Å². The molecule has 0 radical (unpaired) electrons. The fourth-order valence-electron chi connectivity index (χ4n) is 5.11. The lowest BCUT2D eigenvalue weighted by Crippen LogP contribution is -2.43. The molecule has 2 amide bonds. The van der Waals surface area contributed by atoms with Crippen LogP contribution in [0.1, 0.15) is 52.4 Å². The predicted octanol–water partition coefficient (Wildman–Crippen LogP) is 1.86. The fourth-order valence-corrected chi connectivity index (χ4v) is 5.11. The molecule has 0 saturated carbocycles. The number of halogens is 6. The van der Waals surface area contributed by atoms with Gasteiger partial charge in [-0.05, 0) is 37.1 Å². The van der Waals surface area contributed by atoms with E-state index in [1.165, 1.54) is 9.80 Å². The summed E-state index contributed by atoms with van der Waals surface area (Å²) in [6.07, 6.45) is -5.96. The van der Waals surface area contributed by atoms with E-state index in [4.69, 9.17) is 53.6 Å². The van der Waals surface area contributed by atoms with E-state index in [1.807, 2.05) is 13.8 Å². The quantitative estimate of drug-likeness (QED) is 0.0623.